The van der Waals surface area contributed by atoms with Crippen molar-refractivity contribution in [3.05, 3.63) is 54.9 Å². The summed E-state index contributed by atoms with van der Waals surface area (Å²) in [6.07, 6.45) is 12.8. The van der Waals surface area contributed by atoms with Crippen LogP contribution in [0.5, 0.6) is 5.75 Å². The first-order valence-electron chi connectivity index (χ1n) is 10.2. The minimum Gasteiger partial charge on any atom is -0.479 e. The molecule has 0 aliphatic carbocycles. The van der Waals surface area contributed by atoms with E-state index in [1.54, 1.807) is 24.9 Å². The van der Waals surface area contributed by atoms with E-state index in [1.807, 2.05) is 25.3 Å². The maximum Gasteiger partial charge on any atom is 0.205 e. The van der Waals surface area contributed by atoms with Gasteiger partial charge in [0.2, 0.25) is 5.75 Å². The third kappa shape index (κ3) is 3.39. The lowest BCUT2D eigenvalue weighted by atomic mass is 10.1. The SMILES string of the molecule is CC(Oc1c(N)ncc2c(-c3cnn(C4CCNCC4)c3)coc12)c1ccncc1. The first-order valence-corrected chi connectivity index (χ1v) is 10.2. The van der Waals surface area contributed by atoms with Crippen LogP contribution in [-0.2, 0) is 0 Å². The van der Waals surface area contributed by atoms with E-state index in [4.69, 9.17) is 14.9 Å². The second-order valence-electron chi connectivity index (χ2n) is 7.60. The molecule has 5 rings (SSSR count). The number of fused-ring (bicyclic) bond motifs is 1. The highest BCUT2D eigenvalue weighted by Gasteiger charge is 2.21. The molecule has 0 bridgehead atoms. The molecule has 30 heavy (non-hydrogen) atoms. The van der Waals surface area contributed by atoms with Gasteiger partial charge in [0.05, 0.1) is 17.6 Å². The Balaban J connectivity index is 1.47. The number of hydrogen-bond acceptors (Lipinski definition) is 7. The summed E-state index contributed by atoms with van der Waals surface area (Å²) in [6.45, 7) is 4.00. The zero-order chi connectivity index (χ0) is 20.5. The van der Waals surface area contributed by atoms with Crippen molar-refractivity contribution in [3.8, 4) is 16.9 Å². The van der Waals surface area contributed by atoms with Gasteiger partial charge in [-0.15, -0.1) is 0 Å². The van der Waals surface area contributed by atoms with Crippen molar-refractivity contribution in [1.29, 1.82) is 0 Å². The van der Waals surface area contributed by atoms with E-state index < -0.39 is 0 Å². The first kappa shape index (κ1) is 18.6. The van der Waals surface area contributed by atoms with E-state index in [9.17, 15) is 0 Å². The topological polar surface area (TPSA) is 104 Å². The minimum atomic E-state index is -0.223. The van der Waals surface area contributed by atoms with E-state index in [2.05, 4.69) is 31.3 Å². The van der Waals surface area contributed by atoms with Gasteiger partial charge in [0.25, 0.3) is 0 Å². The molecule has 1 aliphatic heterocycles. The van der Waals surface area contributed by atoms with Crippen molar-refractivity contribution >= 4 is 16.8 Å². The van der Waals surface area contributed by atoms with Gasteiger partial charge < -0.3 is 20.2 Å². The van der Waals surface area contributed by atoms with Gasteiger partial charge in [-0.1, -0.05) is 0 Å². The largest absolute Gasteiger partial charge is 0.479 e. The number of hydrogen-bond donors (Lipinski definition) is 2. The van der Waals surface area contributed by atoms with Gasteiger partial charge in [-0.05, 0) is 50.6 Å². The normalized spacial score (nSPS) is 16.0. The van der Waals surface area contributed by atoms with E-state index in [0.717, 1.165) is 48.0 Å². The first-order chi connectivity index (χ1) is 14.7. The van der Waals surface area contributed by atoms with Crippen molar-refractivity contribution in [3.63, 3.8) is 0 Å². The molecule has 0 saturated carbocycles. The number of nitrogens with two attached hydrogens (primary N) is 1. The second-order valence-corrected chi connectivity index (χ2v) is 7.60. The quantitative estimate of drug-likeness (QED) is 0.522. The summed E-state index contributed by atoms with van der Waals surface area (Å²) < 4.78 is 14.1. The van der Waals surface area contributed by atoms with Crippen LogP contribution >= 0.6 is 0 Å². The van der Waals surface area contributed by atoms with Crippen molar-refractivity contribution in [2.24, 2.45) is 0 Å². The molecule has 0 spiro atoms. The van der Waals surface area contributed by atoms with E-state index in [-0.39, 0.29) is 6.10 Å². The predicted molar refractivity (Wildman–Crippen MR) is 114 cm³/mol. The van der Waals surface area contributed by atoms with E-state index in [0.29, 0.717) is 23.2 Å². The molecule has 154 valence electrons. The van der Waals surface area contributed by atoms with Crippen molar-refractivity contribution < 1.29 is 9.15 Å². The zero-order valence-corrected chi connectivity index (χ0v) is 16.8. The standard InChI is InChI=1S/C22H24N6O2/c1-14(15-2-6-24-7-3-15)30-21-20-18(11-26-22(21)23)19(13-29-20)16-10-27-28(12-16)17-4-8-25-9-5-17/h2-3,6-7,10-14,17,25H,4-5,8-9H2,1H3,(H2,23,26). The third-order valence-corrected chi connectivity index (χ3v) is 5.67. The van der Waals surface area contributed by atoms with Gasteiger partial charge in [-0.2, -0.15) is 5.10 Å². The summed E-state index contributed by atoms with van der Waals surface area (Å²) in [5.41, 5.74) is 9.64. The van der Waals surface area contributed by atoms with Crippen molar-refractivity contribution in [2.45, 2.75) is 31.9 Å². The smallest absolute Gasteiger partial charge is 0.205 e. The molecule has 1 fully saturated rings. The number of aromatic nitrogens is 4. The number of piperidine rings is 1. The lowest BCUT2D eigenvalue weighted by Gasteiger charge is -2.22. The number of anilines is 1. The van der Waals surface area contributed by atoms with Gasteiger partial charge in [0, 0.05) is 35.9 Å². The Labute approximate surface area is 174 Å². The number of ether oxygens (including phenoxy) is 1. The predicted octanol–water partition coefficient (Wildman–Crippen LogP) is 3.73. The maximum absolute atomic E-state index is 6.16. The number of furan rings is 1. The fraction of sp³-hybridized carbons (Fsp3) is 0.318. The maximum atomic E-state index is 6.16. The van der Waals surface area contributed by atoms with E-state index in [1.165, 1.54) is 0 Å². The Morgan fingerprint density at radius 1 is 1.23 bits per heavy atom. The highest BCUT2D eigenvalue weighted by Crippen LogP contribution is 2.39. The van der Waals surface area contributed by atoms with Crippen LogP contribution in [0, 0.1) is 0 Å². The summed E-state index contributed by atoms with van der Waals surface area (Å²) in [7, 11) is 0. The zero-order valence-electron chi connectivity index (χ0n) is 16.8. The average molecular weight is 404 g/mol. The molecular weight excluding hydrogens is 380 g/mol. The fourth-order valence-electron chi connectivity index (χ4n) is 3.94. The summed E-state index contributed by atoms with van der Waals surface area (Å²) in [5, 5.41) is 8.84. The fourth-order valence-corrected chi connectivity index (χ4v) is 3.94. The monoisotopic (exact) mass is 404 g/mol. The second kappa shape index (κ2) is 7.79. The van der Waals surface area contributed by atoms with Crippen LogP contribution < -0.4 is 15.8 Å². The lowest BCUT2D eigenvalue weighted by molar-refractivity contribution is 0.227. The van der Waals surface area contributed by atoms with Crippen LogP contribution in [0.3, 0.4) is 0 Å². The van der Waals surface area contributed by atoms with Gasteiger partial charge in [0.15, 0.2) is 11.4 Å². The summed E-state index contributed by atoms with van der Waals surface area (Å²) in [4.78, 5) is 8.41. The molecule has 1 saturated heterocycles. The summed E-state index contributed by atoms with van der Waals surface area (Å²) in [5.74, 6) is 0.753. The number of nitrogens with one attached hydrogen (secondary N) is 1. The van der Waals surface area contributed by atoms with Crippen LogP contribution in [0.4, 0.5) is 5.82 Å². The Morgan fingerprint density at radius 3 is 2.83 bits per heavy atom. The Morgan fingerprint density at radius 2 is 2.03 bits per heavy atom. The Hall–Kier alpha value is -3.39. The third-order valence-electron chi connectivity index (χ3n) is 5.67. The average Bonchev–Trinajstić information content (AvgIpc) is 3.44. The number of rotatable bonds is 5. The van der Waals surface area contributed by atoms with Gasteiger partial charge in [-0.25, -0.2) is 4.98 Å². The summed E-state index contributed by atoms with van der Waals surface area (Å²) in [6, 6.07) is 4.25. The minimum absolute atomic E-state index is 0.223. The molecule has 0 amide bonds. The molecular formula is C22H24N6O2. The molecule has 0 radical (unpaired) electrons. The van der Waals surface area contributed by atoms with Crippen LogP contribution in [0.1, 0.15) is 37.5 Å². The number of nitrogens with zero attached hydrogens (tertiary/aromatic N) is 4. The molecule has 3 N–H and O–H groups in total. The van der Waals surface area contributed by atoms with Crippen molar-refractivity contribution in [2.75, 3.05) is 18.8 Å². The molecule has 5 heterocycles. The molecule has 4 aromatic heterocycles. The molecule has 4 aromatic rings. The van der Waals surface area contributed by atoms with Crippen LogP contribution in [0.15, 0.2) is 53.8 Å². The van der Waals surface area contributed by atoms with E-state index >= 15 is 0 Å². The van der Waals surface area contributed by atoms with Crippen molar-refractivity contribution in [1.82, 2.24) is 25.1 Å². The van der Waals surface area contributed by atoms with Gasteiger partial charge >= 0.3 is 0 Å². The molecule has 0 aromatic carbocycles. The molecule has 8 heteroatoms. The highest BCUT2D eigenvalue weighted by atomic mass is 16.5. The highest BCUT2D eigenvalue weighted by molar-refractivity contribution is 5.97. The van der Waals surface area contributed by atoms with Crippen LogP contribution in [0.2, 0.25) is 0 Å². The molecule has 1 unspecified atom stereocenters. The number of pyridine rings is 2. The molecule has 1 aliphatic rings. The summed E-state index contributed by atoms with van der Waals surface area (Å²) >= 11 is 0. The Bertz CT molecular complexity index is 1150. The Kier molecular flexibility index (Phi) is 4.84. The van der Waals surface area contributed by atoms with Gasteiger partial charge in [-0.3, -0.25) is 9.67 Å². The lowest BCUT2D eigenvalue weighted by Crippen LogP contribution is -2.29. The van der Waals surface area contributed by atoms with Crippen LogP contribution in [-0.4, -0.2) is 32.8 Å². The number of nitrogen functional groups attached to an aromatic ring is 1. The molecule has 8 nitrogen and oxygen atoms in total. The van der Waals surface area contributed by atoms with Crippen LogP contribution in [0.25, 0.3) is 22.1 Å². The molecule has 1 atom stereocenters. The van der Waals surface area contributed by atoms with Gasteiger partial charge in [0.1, 0.15) is 12.4 Å².